The molecule has 0 atom stereocenters. The molecule has 166 valence electrons. The number of hydrogen-bond acceptors (Lipinski definition) is 5. The van der Waals surface area contributed by atoms with Crippen LogP contribution >= 0.6 is 0 Å². The normalized spacial score (nSPS) is 14.5. The third-order valence-corrected chi connectivity index (χ3v) is 5.56. The van der Waals surface area contributed by atoms with Crippen LogP contribution < -0.4 is 9.64 Å². The molecule has 0 spiro atoms. The molecule has 6 nitrogen and oxygen atoms in total. The molecule has 2 aromatic carbocycles. The number of allylic oxidation sites excluding steroid dienone is 1. The fourth-order valence-corrected chi connectivity index (χ4v) is 3.64. The van der Waals surface area contributed by atoms with Crippen LogP contribution in [0, 0.1) is 0 Å². The summed E-state index contributed by atoms with van der Waals surface area (Å²) in [6.07, 6.45) is 1.76. The molecule has 0 bridgehead atoms. The monoisotopic (exact) mass is 426 g/mol. The van der Waals surface area contributed by atoms with E-state index in [2.05, 4.69) is 26.0 Å². The number of fused-ring (bicyclic) bond motifs is 1. The van der Waals surface area contributed by atoms with E-state index in [1.54, 1.807) is 32.4 Å². The van der Waals surface area contributed by atoms with Gasteiger partial charge in [0.1, 0.15) is 25.4 Å². The third kappa shape index (κ3) is 5.53. The molecule has 31 heavy (non-hydrogen) atoms. The Morgan fingerprint density at radius 3 is 2.26 bits per heavy atom. The Kier molecular flexibility index (Phi) is 7.85. The molecule has 0 saturated carbocycles. The molecule has 0 fully saturated rings. The minimum Gasteiger partial charge on any atom is -0.507 e. The number of hydrogen-bond donors (Lipinski definition) is 2. The van der Waals surface area contributed by atoms with E-state index in [-0.39, 0.29) is 17.3 Å². The van der Waals surface area contributed by atoms with Gasteiger partial charge in [-0.25, -0.2) is 0 Å². The van der Waals surface area contributed by atoms with Crippen LogP contribution in [0.5, 0.6) is 11.5 Å². The first-order valence-electron chi connectivity index (χ1n) is 10.6. The zero-order chi connectivity index (χ0) is 22.4. The van der Waals surface area contributed by atoms with Crippen LogP contribution in [0.1, 0.15) is 46.8 Å². The minimum atomic E-state index is -0.167. The predicted octanol–water partition coefficient (Wildman–Crippen LogP) is 2.81. The first-order chi connectivity index (χ1) is 14.9. The Bertz CT molecular complexity index is 926. The molecule has 0 amide bonds. The molecular weight excluding hydrogens is 394 g/mol. The SMILES string of the molecule is COCC[NH+](CCOC)Cc1c(O)ccc2c1O/C(=C\c1ccc(C(C)C)cc1)C2=O. The second kappa shape index (κ2) is 10.6. The van der Waals surface area contributed by atoms with Gasteiger partial charge in [-0.3, -0.25) is 4.79 Å². The van der Waals surface area contributed by atoms with Crippen molar-refractivity contribution in [3.05, 3.63) is 64.4 Å². The molecule has 6 heteroatoms. The highest BCUT2D eigenvalue weighted by Crippen LogP contribution is 2.39. The number of benzene rings is 2. The van der Waals surface area contributed by atoms with Gasteiger partial charge < -0.3 is 24.2 Å². The summed E-state index contributed by atoms with van der Waals surface area (Å²) in [6, 6.07) is 11.3. The van der Waals surface area contributed by atoms with Gasteiger partial charge >= 0.3 is 0 Å². The van der Waals surface area contributed by atoms with E-state index in [1.807, 2.05) is 12.1 Å². The molecule has 2 aromatic rings. The summed E-state index contributed by atoms with van der Waals surface area (Å²) in [5.41, 5.74) is 3.26. The van der Waals surface area contributed by atoms with Gasteiger partial charge in [0.15, 0.2) is 11.5 Å². The van der Waals surface area contributed by atoms with Crippen molar-refractivity contribution in [1.29, 1.82) is 0 Å². The maximum absolute atomic E-state index is 12.9. The molecule has 0 radical (unpaired) electrons. The number of quaternary nitrogens is 1. The van der Waals surface area contributed by atoms with E-state index in [9.17, 15) is 9.90 Å². The average Bonchev–Trinajstić information content (AvgIpc) is 3.07. The van der Waals surface area contributed by atoms with Crippen molar-refractivity contribution in [2.75, 3.05) is 40.5 Å². The van der Waals surface area contributed by atoms with Crippen LogP contribution in [-0.4, -0.2) is 51.4 Å². The molecule has 0 saturated heterocycles. The summed E-state index contributed by atoms with van der Waals surface area (Å²) < 4.78 is 16.4. The standard InChI is InChI=1S/C25H31NO5/c1-17(2)19-7-5-18(6-8-19)15-23-24(28)20-9-10-22(27)21(25(20)31-23)16-26(11-13-29-3)12-14-30-4/h5-10,15,17,27H,11-14,16H2,1-4H3/p+1/b23-15-. The first-order valence-corrected chi connectivity index (χ1v) is 10.6. The number of ether oxygens (including phenoxy) is 3. The van der Waals surface area contributed by atoms with Gasteiger partial charge in [0.2, 0.25) is 5.78 Å². The largest absolute Gasteiger partial charge is 0.507 e. The summed E-state index contributed by atoms with van der Waals surface area (Å²) in [5, 5.41) is 10.5. The van der Waals surface area contributed by atoms with Gasteiger partial charge in [0, 0.05) is 14.2 Å². The van der Waals surface area contributed by atoms with Gasteiger partial charge in [-0.05, 0) is 35.3 Å². The summed E-state index contributed by atoms with van der Waals surface area (Å²) >= 11 is 0. The van der Waals surface area contributed by atoms with Crippen molar-refractivity contribution in [1.82, 2.24) is 0 Å². The van der Waals surface area contributed by atoms with Crippen LogP contribution in [-0.2, 0) is 16.0 Å². The number of ketones is 1. The van der Waals surface area contributed by atoms with E-state index < -0.39 is 0 Å². The van der Waals surface area contributed by atoms with Crippen molar-refractivity contribution in [2.24, 2.45) is 0 Å². The third-order valence-electron chi connectivity index (χ3n) is 5.56. The second-order valence-electron chi connectivity index (χ2n) is 8.11. The molecule has 0 aliphatic carbocycles. The highest BCUT2D eigenvalue weighted by Gasteiger charge is 2.32. The van der Waals surface area contributed by atoms with Crippen molar-refractivity contribution in [3.63, 3.8) is 0 Å². The Balaban J connectivity index is 1.86. The lowest BCUT2D eigenvalue weighted by Crippen LogP contribution is -3.11. The Hall–Kier alpha value is -2.67. The smallest absolute Gasteiger partial charge is 0.231 e. The van der Waals surface area contributed by atoms with Gasteiger partial charge in [-0.2, -0.15) is 0 Å². The van der Waals surface area contributed by atoms with Gasteiger partial charge in [0.25, 0.3) is 0 Å². The Labute approximate surface area is 184 Å². The highest BCUT2D eigenvalue weighted by atomic mass is 16.5. The Morgan fingerprint density at radius 1 is 1.03 bits per heavy atom. The number of phenolic OH excluding ortho intramolecular Hbond substituents is 1. The summed E-state index contributed by atoms with van der Waals surface area (Å²) in [4.78, 5) is 14.1. The zero-order valence-corrected chi connectivity index (χ0v) is 18.7. The van der Waals surface area contributed by atoms with E-state index in [0.29, 0.717) is 42.6 Å². The molecule has 1 heterocycles. The lowest BCUT2D eigenvalue weighted by atomic mass is 10.0. The fraction of sp³-hybridized carbons (Fsp3) is 0.400. The zero-order valence-electron chi connectivity index (χ0n) is 18.7. The molecule has 1 aliphatic heterocycles. The van der Waals surface area contributed by atoms with Gasteiger partial charge in [0.05, 0.1) is 24.3 Å². The number of carbonyl (C=O) groups is 1. The summed E-state index contributed by atoms with van der Waals surface area (Å²) in [5.74, 6) is 1.13. The van der Waals surface area contributed by atoms with Crippen LogP contribution in [0.2, 0.25) is 0 Å². The average molecular weight is 427 g/mol. The molecule has 0 aromatic heterocycles. The van der Waals surface area contributed by atoms with Crippen LogP contribution in [0.4, 0.5) is 0 Å². The van der Waals surface area contributed by atoms with Gasteiger partial charge in [-0.15, -0.1) is 0 Å². The summed E-state index contributed by atoms with van der Waals surface area (Å²) in [7, 11) is 3.33. The number of Topliss-reactive ketones (excluding diaryl/α,β-unsaturated/α-hetero) is 1. The maximum Gasteiger partial charge on any atom is 0.231 e. The van der Waals surface area contributed by atoms with E-state index >= 15 is 0 Å². The van der Waals surface area contributed by atoms with Crippen molar-refractivity contribution >= 4 is 11.9 Å². The molecule has 1 aliphatic rings. The van der Waals surface area contributed by atoms with Crippen LogP contribution in [0.15, 0.2) is 42.2 Å². The van der Waals surface area contributed by atoms with Crippen molar-refractivity contribution in [2.45, 2.75) is 26.3 Å². The highest BCUT2D eigenvalue weighted by molar-refractivity contribution is 6.14. The second-order valence-corrected chi connectivity index (χ2v) is 8.11. The number of nitrogens with one attached hydrogen (secondary N) is 1. The Morgan fingerprint density at radius 2 is 1.68 bits per heavy atom. The number of rotatable bonds is 10. The van der Waals surface area contributed by atoms with Crippen LogP contribution in [0.25, 0.3) is 6.08 Å². The molecule has 3 rings (SSSR count). The quantitative estimate of drug-likeness (QED) is 0.572. The fourth-order valence-electron chi connectivity index (χ4n) is 3.64. The predicted molar refractivity (Wildman–Crippen MR) is 120 cm³/mol. The maximum atomic E-state index is 12.9. The van der Waals surface area contributed by atoms with Crippen molar-refractivity contribution in [3.8, 4) is 11.5 Å². The molecular formula is C25H32NO5+. The lowest BCUT2D eigenvalue weighted by molar-refractivity contribution is -0.914. The van der Waals surface area contributed by atoms with E-state index in [0.717, 1.165) is 18.7 Å². The number of carbonyl (C=O) groups excluding carboxylic acids is 1. The topological polar surface area (TPSA) is 69.4 Å². The molecule has 2 N–H and O–H groups in total. The molecule has 0 unspecified atom stereocenters. The van der Waals surface area contributed by atoms with E-state index in [4.69, 9.17) is 14.2 Å². The van der Waals surface area contributed by atoms with Gasteiger partial charge in [-0.1, -0.05) is 38.1 Å². The van der Waals surface area contributed by atoms with Crippen LogP contribution in [0.3, 0.4) is 0 Å². The van der Waals surface area contributed by atoms with Crippen molar-refractivity contribution < 1.29 is 29.0 Å². The lowest BCUT2D eigenvalue weighted by Gasteiger charge is -2.20. The number of aromatic hydroxyl groups is 1. The summed E-state index contributed by atoms with van der Waals surface area (Å²) in [6.45, 7) is 7.48. The number of methoxy groups -OCH3 is 2. The van der Waals surface area contributed by atoms with E-state index in [1.165, 1.54) is 10.5 Å². The first kappa shape index (κ1) is 23.0. The number of phenols is 1. The minimum absolute atomic E-state index is 0.126.